The first-order valence-corrected chi connectivity index (χ1v) is 12.5. The summed E-state index contributed by atoms with van der Waals surface area (Å²) in [6.07, 6.45) is 8.73. The van der Waals surface area contributed by atoms with E-state index in [1.165, 1.54) is 45.3 Å². The molecule has 3 aromatic rings. The van der Waals surface area contributed by atoms with Crippen molar-refractivity contribution in [2.75, 3.05) is 26.5 Å². The van der Waals surface area contributed by atoms with E-state index in [2.05, 4.69) is 59.5 Å². The molecule has 4 nitrogen and oxygen atoms in total. The van der Waals surface area contributed by atoms with E-state index in [4.69, 9.17) is 9.47 Å². The lowest BCUT2D eigenvalue weighted by Gasteiger charge is -2.45. The van der Waals surface area contributed by atoms with Crippen LogP contribution in [0.4, 0.5) is 0 Å². The van der Waals surface area contributed by atoms with Crippen LogP contribution in [-0.2, 0) is 11.3 Å². The lowest BCUT2D eigenvalue weighted by molar-refractivity contribution is -0.0676. The van der Waals surface area contributed by atoms with Gasteiger partial charge in [0.05, 0.1) is 12.7 Å². The van der Waals surface area contributed by atoms with Crippen LogP contribution in [0.25, 0.3) is 10.9 Å². The number of nitrogens with one attached hydrogen (secondary N) is 1. The predicted molar refractivity (Wildman–Crippen MR) is 128 cm³/mol. The predicted octanol–water partition coefficient (Wildman–Crippen LogP) is 6.09. The maximum absolute atomic E-state index is 6.33. The molecule has 2 fully saturated rings. The van der Waals surface area contributed by atoms with Gasteiger partial charge in [-0.25, -0.2) is 0 Å². The number of aromatic amines is 1. The fourth-order valence-electron chi connectivity index (χ4n) is 5.53. The summed E-state index contributed by atoms with van der Waals surface area (Å²) in [6.45, 7) is 4.97. The number of hydrogen-bond donors (Lipinski definition) is 1. The molecule has 164 valence electrons. The normalized spacial score (nSPS) is 24.3. The Hall–Kier alpha value is -1.95. The van der Waals surface area contributed by atoms with Crippen LogP contribution in [0.3, 0.4) is 0 Å². The van der Waals surface area contributed by atoms with E-state index in [0.29, 0.717) is 6.04 Å². The van der Waals surface area contributed by atoms with Gasteiger partial charge in [0.1, 0.15) is 5.75 Å². The fourth-order valence-corrected chi connectivity index (χ4v) is 5.94. The second-order valence-corrected chi connectivity index (χ2v) is 9.87. The minimum absolute atomic E-state index is 0.0557. The van der Waals surface area contributed by atoms with Gasteiger partial charge < -0.3 is 14.5 Å². The Balaban J connectivity index is 1.51. The van der Waals surface area contributed by atoms with Crippen LogP contribution < -0.4 is 4.74 Å². The number of ether oxygens (including phenoxy) is 2. The SMILES string of the molecule is COc1cc(C)c2[nH]ccc2c1CN1CCC2(CCCO2)C[C@H]1c1ccc(SC)cc1. The van der Waals surface area contributed by atoms with E-state index in [-0.39, 0.29) is 5.60 Å². The highest BCUT2D eigenvalue weighted by atomic mass is 32.2. The van der Waals surface area contributed by atoms with Crippen LogP contribution in [0, 0.1) is 6.92 Å². The third-order valence-electron chi connectivity index (χ3n) is 7.24. The highest BCUT2D eigenvalue weighted by molar-refractivity contribution is 7.98. The zero-order valence-corrected chi connectivity index (χ0v) is 19.6. The van der Waals surface area contributed by atoms with Crippen molar-refractivity contribution in [3.05, 3.63) is 59.3 Å². The number of H-pyrrole nitrogens is 1. The van der Waals surface area contributed by atoms with Gasteiger partial charge in [0.25, 0.3) is 0 Å². The summed E-state index contributed by atoms with van der Waals surface area (Å²) >= 11 is 1.80. The molecule has 5 rings (SSSR count). The topological polar surface area (TPSA) is 37.5 Å². The monoisotopic (exact) mass is 436 g/mol. The molecule has 1 unspecified atom stereocenters. The van der Waals surface area contributed by atoms with Gasteiger partial charge >= 0.3 is 0 Å². The van der Waals surface area contributed by atoms with Gasteiger partial charge in [-0.2, -0.15) is 0 Å². The zero-order chi connectivity index (χ0) is 21.4. The Bertz CT molecular complexity index is 1050. The van der Waals surface area contributed by atoms with Gasteiger partial charge in [0.15, 0.2) is 0 Å². The van der Waals surface area contributed by atoms with Gasteiger partial charge in [-0.05, 0) is 74.3 Å². The average Bonchev–Trinajstić information content (AvgIpc) is 3.47. The largest absolute Gasteiger partial charge is 0.496 e. The number of aryl methyl sites for hydroxylation is 1. The van der Waals surface area contributed by atoms with Crippen LogP contribution in [0.5, 0.6) is 5.75 Å². The molecule has 5 heteroatoms. The maximum atomic E-state index is 6.33. The van der Waals surface area contributed by atoms with Crippen LogP contribution in [-0.4, -0.2) is 42.0 Å². The zero-order valence-electron chi connectivity index (χ0n) is 18.7. The van der Waals surface area contributed by atoms with Gasteiger partial charge in [-0.1, -0.05) is 12.1 Å². The van der Waals surface area contributed by atoms with E-state index in [9.17, 15) is 0 Å². The molecule has 2 atom stereocenters. The number of nitrogens with zero attached hydrogens (tertiary/aromatic N) is 1. The van der Waals surface area contributed by atoms with E-state index in [1.807, 2.05) is 6.20 Å². The van der Waals surface area contributed by atoms with Gasteiger partial charge in [-0.15, -0.1) is 11.8 Å². The van der Waals surface area contributed by atoms with Crippen molar-refractivity contribution in [3.63, 3.8) is 0 Å². The molecule has 3 heterocycles. The van der Waals surface area contributed by atoms with E-state index in [1.54, 1.807) is 18.9 Å². The van der Waals surface area contributed by atoms with Crippen LogP contribution in [0.1, 0.15) is 48.4 Å². The molecule has 31 heavy (non-hydrogen) atoms. The van der Waals surface area contributed by atoms with Crippen molar-refractivity contribution in [1.82, 2.24) is 9.88 Å². The molecule has 1 aromatic heterocycles. The van der Waals surface area contributed by atoms with Crippen molar-refractivity contribution in [2.24, 2.45) is 0 Å². The van der Waals surface area contributed by atoms with Crippen molar-refractivity contribution in [3.8, 4) is 5.75 Å². The minimum atomic E-state index is 0.0557. The molecular formula is C26H32N2O2S. The van der Waals surface area contributed by atoms with Gasteiger partial charge in [0.2, 0.25) is 0 Å². The molecule has 0 saturated carbocycles. The summed E-state index contributed by atoms with van der Waals surface area (Å²) in [5.41, 5.74) is 5.16. The number of likely N-dealkylation sites (tertiary alicyclic amines) is 1. The summed E-state index contributed by atoms with van der Waals surface area (Å²) in [6, 6.07) is 13.8. The maximum Gasteiger partial charge on any atom is 0.124 e. The second kappa shape index (κ2) is 8.53. The van der Waals surface area contributed by atoms with Crippen molar-refractivity contribution in [1.29, 1.82) is 0 Å². The van der Waals surface area contributed by atoms with Crippen LogP contribution >= 0.6 is 11.8 Å². The number of fused-ring (bicyclic) bond motifs is 1. The third kappa shape index (κ3) is 3.88. The molecule has 0 radical (unpaired) electrons. The molecule has 2 aliphatic rings. The molecule has 1 N–H and O–H groups in total. The molecule has 0 bridgehead atoms. The summed E-state index contributed by atoms with van der Waals surface area (Å²) in [5, 5.41) is 1.27. The minimum Gasteiger partial charge on any atom is -0.496 e. The van der Waals surface area contributed by atoms with Crippen molar-refractivity contribution >= 4 is 22.7 Å². The fraction of sp³-hybridized carbons (Fsp3) is 0.462. The summed E-state index contributed by atoms with van der Waals surface area (Å²) in [7, 11) is 1.78. The Morgan fingerprint density at radius 2 is 2.06 bits per heavy atom. The lowest BCUT2D eigenvalue weighted by Crippen LogP contribution is -2.45. The van der Waals surface area contributed by atoms with E-state index >= 15 is 0 Å². The number of hydrogen-bond acceptors (Lipinski definition) is 4. The first-order chi connectivity index (χ1) is 15.1. The van der Waals surface area contributed by atoms with Gasteiger partial charge in [0, 0.05) is 53.3 Å². The first kappa shape index (κ1) is 20.9. The molecule has 2 aromatic carbocycles. The summed E-state index contributed by atoms with van der Waals surface area (Å²) in [4.78, 5) is 7.37. The summed E-state index contributed by atoms with van der Waals surface area (Å²) < 4.78 is 12.2. The Labute approximate surface area is 189 Å². The number of piperidine rings is 1. The first-order valence-electron chi connectivity index (χ1n) is 11.3. The van der Waals surface area contributed by atoms with Crippen molar-refractivity contribution in [2.45, 2.75) is 55.7 Å². The van der Waals surface area contributed by atoms with E-state index < -0.39 is 0 Å². The molecule has 0 aliphatic carbocycles. The number of thioether (sulfide) groups is 1. The number of benzene rings is 2. The highest BCUT2D eigenvalue weighted by Crippen LogP contribution is 2.45. The summed E-state index contributed by atoms with van der Waals surface area (Å²) in [5.74, 6) is 0.985. The second-order valence-electron chi connectivity index (χ2n) is 8.99. The standard InChI is InChI=1S/C26H32N2O2S/c1-18-15-24(29-2)22(21-9-12-27-25(18)21)17-28-13-11-26(10-4-14-30-26)16-23(28)19-5-7-20(31-3)8-6-19/h5-9,12,15,23,27H,4,10-11,13-14,16-17H2,1-3H3/t23-,26?/m0/s1. The number of aromatic nitrogens is 1. The Kier molecular flexibility index (Phi) is 5.76. The molecule has 0 amide bonds. The number of methoxy groups -OCH3 is 1. The quantitative estimate of drug-likeness (QED) is 0.491. The van der Waals surface area contributed by atoms with Crippen LogP contribution in [0.2, 0.25) is 0 Å². The van der Waals surface area contributed by atoms with E-state index in [0.717, 1.165) is 38.3 Å². The molecule has 2 saturated heterocycles. The smallest absolute Gasteiger partial charge is 0.124 e. The average molecular weight is 437 g/mol. The number of rotatable bonds is 5. The van der Waals surface area contributed by atoms with Gasteiger partial charge in [-0.3, -0.25) is 4.90 Å². The van der Waals surface area contributed by atoms with Crippen LogP contribution in [0.15, 0.2) is 47.5 Å². The molecule has 2 aliphatic heterocycles. The highest BCUT2D eigenvalue weighted by Gasteiger charge is 2.43. The Morgan fingerprint density at radius 3 is 2.77 bits per heavy atom. The Morgan fingerprint density at radius 1 is 1.23 bits per heavy atom. The lowest BCUT2D eigenvalue weighted by atomic mass is 9.81. The van der Waals surface area contributed by atoms with Crippen molar-refractivity contribution < 1.29 is 9.47 Å². The molecule has 1 spiro atoms. The molecular weight excluding hydrogens is 404 g/mol. The third-order valence-corrected chi connectivity index (χ3v) is 7.98.